The summed E-state index contributed by atoms with van der Waals surface area (Å²) in [6, 6.07) is 9.56. The Labute approximate surface area is 122 Å². The van der Waals surface area contributed by atoms with Gasteiger partial charge in [-0.1, -0.05) is 49.1 Å². The van der Waals surface area contributed by atoms with Gasteiger partial charge in [-0.05, 0) is 38.2 Å². The molecule has 20 heavy (non-hydrogen) atoms. The Kier molecular flexibility index (Phi) is 4.74. The van der Waals surface area contributed by atoms with Crippen molar-refractivity contribution in [3.63, 3.8) is 0 Å². The highest BCUT2D eigenvalue weighted by Crippen LogP contribution is 2.28. The first-order chi connectivity index (χ1) is 9.81. The Morgan fingerprint density at radius 1 is 1.15 bits per heavy atom. The highest BCUT2D eigenvalue weighted by molar-refractivity contribution is 5.24. The van der Waals surface area contributed by atoms with Crippen molar-refractivity contribution >= 4 is 0 Å². The Hall–Kier alpha value is -0.860. The van der Waals surface area contributed by atoms with Crippen LogP contribution in [0.4, 0.5) is 0 Å². The SMILES string of the molecule is Cc1cccc(C(CNC2CC2)OC2CCCCC2)c1. The van der Waals surface area contributed by atoms with Crippen molar-refractivity contribution in [1.29, 1.82) is 0 Å². The number of hydrogen-bond acceptors (Lipinski definition) is 2. The summed E-state index contributed by atoms with van der Waals surface area (Å²) in [6.07, 6.45) is 9.90. The van der Waals surface area contributed by atoms with Crippen molar-refractivity contribution in [3.8, 4) is 0 Å². The third-order valence-electron chi connectivity index (χ3n) is 4.49. The highest BCUT2D eigenvalue weighted by Gasteiger charge is 2.25. The van der Waals surface area contributed by atoms with Gasteiger partial charge in [-0.3, -0.25) is 0 Å². The normalized spacial score (nSPS) is 21.9. The van der Waals surface area contributed by atoms with Gasteiger partial charge in [0.25, 0.3) is 0 Å². The molecule has 110 valence electrons. The fourth-order valence-corrected chi connectivity index (χ4v) is 3.11. The lowest BCUT2D eigenvalue weighted by atomic mass is 9.97. The van der Waals surface area contributed by atoms with Gasteiger partial charge in [0.1, 0.15) is 0 Å². The standard InChI is InChI=1S/C18H27NO/c1-14-6-5-7-15(12-14)18(13-19-16-10-11-16)20-17-8-3-2-4-9-17/h5-7,12,16-19H,2-4,8-11,13H2,1H3. The lowest BCUT2D eigenvalue weighted by molar-refractivity contribution is -0.0307. The van der Waals surface area contributed by atoms with Crippen LogP contribution in [0.2, 0.25) is 0 Å². The van der Waals surface area contributed by atoms with Crippen LogP contribution in [0.25, 0.3) is 0 Å². The lowest BCUT2D eigenvalue weighted by Crippen LogP contribution is -2.29. The quantitative estimate of drug-likeness (QED) is 0.841. The monoisotopic (exact) mass is 273 g/mol. The summed E-state index contributed by atoms with van der Waals surface area (Å²) in [7, 11) is 0. The van der Waals surface area contributed by atoms with Gasteiger partial charge in [0, 0.05) is 12.6 Å². The summed E-state index contributed by atoms with van der Waals surface area (Å²) < 4.78 is 6.45. The number of nitrogens with one attached hydrogen (secondary N) is 1. The van der Waals surface area contributed by atoms with Crippen LogP contribution in [-0.4, -0.2) is 18.7 Å². The molecule has 0 aromatic heterocycles. The molecule has 1 aromatic rings. The predicted octanol–water partition coefficient (Wildman–Crippen LogP) is 4.14. The molecular formula is C18H27NO. The van der Waals surface area contributed by atoms with E-state index in [9.17, 15) is 0 Å². The van der Waals surface area contributed by atoms with Crippen LogP contribution < -0.4 is 5.32 Å². The summed E-state index contributed by atoms with van der Waals surface area (Å²) >= 11 is 0. The summed E-state index contributed by atoms with van der Waals surface area (Å²) in [5, 5.41) is 3.64. The molecule has 2 heteroatoms. The van der Waals surface area contributed by atoms with Crippen molar-refractivity contribution < 1.29 is 4.74 Å². The van der Waals surface area contributed by atoms with Crippen molar-refractivity contribution in [2.45, 2.75) is 70.1 Å². The van der Waals surface area contributed by atoms with E-state index in [1.54, 1.807) is 0 Å². The minimum Gasteiger partial charge on any atom is -0.369 e. The summed E-state index contributed by atoms with van der Waals surface area (Å²) in [4.78, 5) is 0. The molecule has 0 radical (unpaired) electrons. The molecule has 0 saturated heterocycles. The maximum absolute atomic E-state index is 6.45. The molecule has 1 aromatic carbocycles. The second kappa shape index (κ2) is 6.73. The van der Waals surface area contributed by atoms with E-state index in [1.807, 2.05) is 0 Å². The molecule has 2 nitrogen and oxygen atoms in total. The van der Waals surface area contributed by atoms with Gasteiger partial charge < -0.3 is 10.1 Å². The molecule has 0 amide bonds. The van der Waals surface area contributed by atoms with E-state index in [4.69, 9.17) is 4.74 Å². The van der Waals surface area contributed by atoms with E-state index in [0.717, 1.165) is 12.6 Å². The second-order valence-corrected chi connectivity index (χ2v) is 6.48. The maximum Gasteiger partial charge on any atom is 0.0953 e. The van der Waals surface area contributed by atoms with Crippen molar-refractivity contribution in [2.24, 2.45) is 0 Å². The largest absolute Gasteiger partial charge is 0.369 e. The zero-order valence-electron chi connectivity index (χ0n) is 12.6. The zero-order chi connectivity index (χ0) is 13.8. The number of hydrogen-bond donors (Lipinski definition) is 1. The van der Waals surface area contributed by atoms with E-state index >= 15 is 0 Å². The fraction of sp³-hybridized carbons (Fsp3) is 0.667. The van der Waals surface area contributed by atoms with Gasteiger partial charge in [0.2, 0.25) is 0 Å². The first kappa shape index (κ1) is 14.1. The van der Waals surface area contributed by atoms with Crippen LogP contribution in [0.5, 0.6) is 0 Å². The van der Waals surface area contributed by atoms with Crippen molar-refractivity contribution in [3.05, 3.63) is 35.4 Å². The minimum absolute atomic E-state index is 0.221. The average molecular weight is 273 g/mol. The smallest absolute Gasteiger partial charge is 0.0953 e. The predicted molar refractivity (Wildman–Crippen MR) is 82.9 cm³/mol. The van der Waals surface area contributed by atoms with Gasteiger partial charge in [-0.2, -0.15) is 0 Å². The molecular weight excluding hydrogens is 246 g/mol. The van der Waals surface area contributed by atoms with Crippen LogP contribution in [0.15, 0.2) is 24.3 Å². The summed E-state index contributed by atoms with van der Waals surface area (Å²) in [5.74, 6) is 0. The second-order valence-electron chi connectivity index (χ2n) is 6.48. The molecule has 2 saturated carbocycles. The lowest BCUT2D eigenvalue weighted by Gasteiger charge is -2.28. The summed E-state index contributed by atoms with van der Waals surface area (Å²) in [5.41, 5.74) is 2.66. The highest BCUT2D eigenvalue weighted by atomic mass is 16.5. The molecule has 1 atom stereocenters. The van der Waals surface area contributed by atoms with Crippen LogP contribution in [0.3, 0.4) is 0 Å². The van der Waals surface area contributed by atoms with Gasteiger partial charge in [0.15, 0.2) is 0 Å². The number of ether oxygens (including phenoxy) is 1. The molecule has 1 unspecified atom stereocenters. The average Bonchev–Trinajstić information content (AvgIpc) is 3.29. The number of aryl methyl sites for hydroxylation is 1. The van der Waals surface area contributed by atoms with Gasteiger partial charge in [-0.25, -0.2) is 0 Å². The molecule has 1 N–H and O–H groups in total. The first-order valence-electron chi connectivity index (χ1n) is 8.26. The Balaban J connectivity index is 1.64. The Morgan fingerprint density at radius 3 is 2.65 bits per heavy atom. The molecule has 0 bridgehead atoms. The number of rotatable bonds is 6. The number of benzene rings is 1. The molecule has 0 heterocycles. The van der Waals surface area contributed by atoms with Crippen LogP contribution >= 0.6 is 0 Å². The van der Waals surface area contributed by atoms with Crippen molar-refractivity contribution in [2.75, 3.05) is 6.54 Å². The molecule has 2 aliphatic carbocycles. The van der Waals surface area contributed by atoms with Crippen LogP contribution in [0.1, 0.15) is 62.2 Å². The Bertz CT molecular complexity index is 421. The van der Waals surface area contributed by atoms with Crippen molar-refractivity contribution in [1.82, 2.24) is 5.32 Å². The molecule has 2 fully saturated rings. The zero-order valence-corrected chi connectivity index (χ0v) is 12.6. The van der Waals surface area contributed by atoms with E-state index < -0.39 is 0 Å². The molecule has 0 aliphatic heterocycles. The topological polar surface area (TPSA) is 21.3 Å². The third-order valence-corrected chi connectivity index (χ3v) is 4.49. The maximum atomic E-state index is 6.45. The minimum atomic E-state index is 0.221. The molecule has 3 rings (SSSR count). The van der Waals surface area contributed by atoms with Gasteiger partial charge in [0.05, 0.1) is 12.2 Å². The van der Waals surface area contributed by atoms with Gasteiger partial charge in [-0.15, -0.1) is 0 Å². The van der Waals surface area contributed by atoms with E-state index in [-0.39, 0.29) is 6.10 Å². The summed E-state index contributed by atoms with van der Waals surface area (Å²) in [6.45, 7) is 3.13. The van der Waals surface area contributed by atoms with Crippen LogP contribution in [-0.2, 0) is 4.74 Å². The fourth-order valence-electron chi connectivity index (χ4n) is 3.11. The van der Waals surface area contributed by atoms with Crippen LogP contribution in [0, 0.1) is 6.92 Å². The first-order valence-corrected chi connectivity index (χ1v) is 8.26. The molecule has 0 spiro atoms. The van der Waals surface area contributed by atoms with E-state index in [2.05, 4.69) is 36.5 Å². The third kappa shape index (κ3) is 4.07. The molecule has 2 aliphatic rings. The van der Waals surface area contributed by atoms with Gasteiger partial charge >= 0.3 is 0 Å². The Morgan fingerprint density at radius 2 is 1.95 bits per heavy atom. The van der Waals surface area contributed by atoms with E-state index in [1.165, 1.54) is 56.1 Å². The van der Waals surface area contributed by atoms with E-state index in [0.29, 0.717) is 6.10 Å².